The third-order valence-corrected chi connectivity index (χ3v) is 8.74. The average molecular weight is 500 g/mol. The number of hydrogen-bond acceptors (Lipinski definition) is 0. The van der Waals surface area contributed by atoms with Crippen molar-refractivity contribution < 1.29 is 0 Å². The molecule has 0 aliphatic heterocycles. The second kappa shape index (κ2) is 9.10. The van der Waals surface area contributed by atoms with E-state index in [4.69, 9.17) is 0 Å². The first-order chi connectivity index (χ1) is 19.0. The predicted octanol–water partition coefficient (Wildman–Crippen LogP) is 8.18. The third-order valence-electron chi connectivity index (χ3n) is 8.74. The zero-order valence-electron chi connectivity index (χ0n) is 23.0. The van der Waals surface area contributed by atoms with Crippen molar-refractivity contribution in [2.24, 2.45) is 0 Å². The molecule has 2 aliphatic rings. The maximum absolute atomic E-state index is 3.89. The minimum atomic E-state index is 0.214. The van der Waals surface area contributed by atoms with Crippen molar-refractivity contribution in [3.05, 3.63) is 170 Å². The number of fused-ring (bicyclic) bond motifs is 4. The Hall–Kier alpha value is -4.42. The van der Waals surface area contributed by atoms with Crippen LogP contribution in [0, 0.1) is 13.8 Å². The Balaban J connectivity index is 1.67. The maximum atomic E-state index is 3.89. The molecule has 0 saturated heterocycles. The lowest BCUT2D eigenvalue weighted by molar-refractivity contribution is 0.947. The van der Waals surface area contributed by atoms with Gasteiger partial charge in [0.1, 0.15) is 0 Å². The summed E-state index contributed by atoms with van der Waals surface area (Å²) in [4.78, 5) is 0. The summed E-state index contributed by atoms with van der Waals surface area (Å²) in [7, 11) is 0. The molecule has 187 valence electrons. The number of rotatable bonds is 3. The molecule has 0 bridgehead atoms. The van der Waals surface area contributed by atoms with E-state index < -0.39 is 0 Å². The Bertz CT molecular complexity index is 1880. The van der Waals surface area contributed by atoms with Crippen molar-refractivity contribution in [2.45, 2.75) is 33.6 Å². The minimum absolute atomic E-state index is 0.214. The van der Waals surface area contributed by atoms with Gasteiger partial charge in [-0.1, -0.05) is 114 Å². The molecule has 0 saturated carbocycles. The van der Waals surface area contributed by atoms with Crippen molar-refractivity contribution in [1.29, 1.82) is 0 Å². The number of hydrogen-bond donors (Lipinski definition) is 0. The Morgan fingerprint density at radius 2 is 1.26 bits per heavy atom. The van der Waals surface area contributed by atoms with Crippen LogP contribution in [0.5, 0.6) is 0 Å². The van der Waals surface area contributed by atoms with E-state index in [2.05, 4.69) is 143 Å². The molecule has 0 aromatic heterocycles. The molecule has 0 spiro atoms. The summed E-state index contributed by atoms with van der Waals surface area (Å²) < 4.78 is 0. The van der Waals surface area contributed by atoms with Crippen molar-refractivity contribution >= 4 is 17.2 Å². The van der Waals surface area contributed by atoms with Crippen LogP contribution in [-0.4, -0.2) is 0 Å². The quantitative estimate of drug-likeness (QED) is 0.230. The molecule has 0 heterocycles. The van der Waals surface area contributed by atoms with E-state index >= 15 is 0 Å². The van der Waals surface area contributed by atoms with Crippen molar-refractivity contribution in [3.8, 4) is 11.1 Å². The van der Waals surface area contributed by atoms with Crippen molar-refractivity contribution in [2.75, 3.05) is 0 Å². The predicted molar refractivity (Wildman–Crippen MR) is 164 cm³/mol. The lowest BCUT2D eigenvalue weighted by Crippen LogP contribution is -2.26. The molecule has 0 heteroatoms. The van der Waals surface area contributed by atoms with Gasteiger partial charge in [-0.3, -0.25) is 0 Å². The second-order valence-corrected chi connectivity index (χ2v) is 11.0. The smallest absolute Gasteiger partial charge is 0.0317 e. The molecular weight excluding hydrogens is 468 g/mol. The zero-order chi connectivity index (χ0) is 26.7. The summed E-state index contributed by atoms with van der Waals surface area (Å²) in [5.41, 5.74) is 17.1. The standard InChI is InChI=1S/C39H31/c1-24-19-20-32-30(21-24)22-36-35(32)23-34(39(28-13-7-5-8-14-28)29-15-9-6-10-16-29)27(4)38(36)37-26(3)25(2)31-17-11-12-18-33(31)37/h5-21,23,37H,1-4H3. The molecule has 7 rings (SSSR count). The average Bonchev–Trinajstić information content (AvgIpc) is 3.44. The highest BCUT2D eigenvalue weighted by atomic mass is 14.3. The van der Waals surface area contributed by atoms with Crippen molar-refractivity contribution in [3.63, 3.8) is 0 Å². The summed E-state index contributed by atoms with van der Waals surface area (Å²) in [6.45, 7) is 9.10. The summed E-state index contributed by atoms with van der Waals surface area (Å²) >= 11 is 0. The maximum Gasteiger partial charge on any atom is 0.0317 e. The van der Waals surface area contributed by atoms with Crippen LogP contribution in [0.1, 0.15) is 64.3 Å². The van der Waals surface area contributed by atoms with Gasteiger partial charge in [-0.05, 0) is 111 Å². The van der Waals surface area contributed by atoms with E-state index in [0.29, 0.717) is 0 Å². The molecule has 0 fully saturated rings. The van der Waals surface area contributed by atoms with Gasteiger partial charge in [0.25, 0.3) is 0 Å². The van der Waals surface area contributed by atoms with Gasteiger partial charge >= 0.3 is 0 Å². The molecule has 1 atom stereocenters. The first-order valence-electron chi connectivity index (χ1n) is 13.8. The van der Waals surface area contributed by atoms with Crippen LogP contribution in [0.15, 0.2) is 115 Å². The van der Waals surface area contributed by atoms with Gasteiger partial charge < -0.3 is 0 Å². The van der Waals surface area contributed by atoms with Crippen LogP contribution < -0.4 is 10.4 Å². The number of aryl methyl sites for hydroxylation is 1. The fourth-order valence-corrected chi connectivity index (χ4v) is 6.71. The molecule has 5 aromatic carbocycles. The summed E-state index contributed by atoms with van der Waals surface area (Å²) in [6, 6.07) is 39.9. The van der Waals surface area contributed by atoms with E-state index in [-0.39, 0.29) is 5.92 Å². The van der Waals surface area contributed by atoms with Gasteiger partial charge in [0.2, 0.25) is 0 Å². The molecule has 2 aliphatic carbocycles. The van der Waals surface area contributed by atoms with Crippen LogP contribution in [0.3, 0.4) is 0 Å². The van der Waals surface area contributed by atoms with Crippen LogP contribution in [0.25, 0.3) is 28.3 Å². The van der Waals surface area contributed by atoms with E-state index in [1.807, 2.05) is 0 Å². The van der Waals surface area contributed by atoms with Crippen molar-refractivity contribution in [1.82, 2.24) is 0 Å². The molecule has 0 nitrogen and oxygen atoms in total. The second-order valence-electron chi connectivity index (χ2n) is 11.0. The largest absolute Gasteiger partial charge is 0.0622 e. The fraction of sp³-hybridized carbons (Fsp3) is 0.128. The summed E-state index contributed by atoms with van der Waals surface area (Å²) in [5.74, 6) is 0.214. The monoisotopic (exact) mass is 499 g/mol. The highest BCUT2D eigenvalue weighted by molar-refractivity contribution is 5.88. The van der Waals surface area contributed by atoms with E-state index in [1.54, 1.807) is 0 Å². The zero-order valence-corrected chi connectivity index (χ0v) is 23.0. The molecule has 39 heavy (non-hydrogen) atoms. The van der Waals surface area contributed by atoms with E-state index in [9.17, 15) is 0 Å². The number of benzene rings is 5. The molecule has 0 amide bonds. The molecule has 1 radical (unpaired) electrons. The first kappa shape index (κ1) is 23.7. The molecular formula is C39H31. The van der Waals surface area contributed by atoms with Gasteiger partial charge in [0.15, 0.2) is 0 Å². The molecule has 0 N–H and O–H groups in total. The van der Waals surface area contributed by atoms with E-state index in [1.165, 1.54) is 82.8 Å². The third kappa shape index (κ3) is 3.67. The number of allylic oxidation sites excluding steroid dienone is 2. The highest BCUT2D eigenvalue weighted by Gasteiger charge is 2.32. The van der Waals surface area contributed by atoms with E-state index in [0.717, 1.165) is 0 Å². The van der Waals surface area contributed by atoms with Gasteiger partial charge in [-0.25, -0.2) is 0 Å². The normalized spacial score (nSPS) is 15.0. The van der Waals surface area contributed by atoms with Gasteiger partial charge in [0.05, 0.1) is 0 Å². The summed E-state index contributed by atoms with van der Waals surface area (Å²) in [6.07, 6.45) is 3.89. The highest BCUT2D eigenvalue weighted by Crippen LogP contribution is 2.45. The van der Waals surface area contributed by atoms with Gasteiger partial charge in [-0.15, -0.1) is 0 Å². The topological polar surface area (TPSA) is 0 Å². The van der Waals surface area contributed by atoms with Crippen LogP contribution in [0.2, 0.25) is 0 Å². The van der Waals surface area contributed by atoms with Gasteiger partial charge in [0, 0.05) is 5.92 Å². The summed E-state index contributed by atoms with van der Waals surface area (Å²) in [5, 5.41) is 2.55. The Morgan fingerprint density at radius 3 is 1.95 bits per heavy atom. The lowest BCUT2D eigenvalue weighted by Gasteiger charge is -2.22. The van der Waals surface area contributed by atoms with Crippen LogP contribution in [0.4, 0.5) is 0 Å². The Kier molecular flexibility index (Phi) is 5.53. The Morgan fingerprint density at radius 1 is 0.615 bits per heavy atom. The van der Waals surface area contributed by atoms with Crippen LogP contribution in [-0.2, 0) is 0 Å². The SMILES string of the molecule is CC1=C(C)C(c2c(C)c(=C(c3ccccc3)c3ccccc3)cc3c2=[C]c2cc(C)ccc2-3)c2ccccc21. The fourth-order valence-electron chi connectivity index (χ4n) is 6.71. The molecule has 1 unspecified atom stereocenters. The Labute approximate surface area is 231 Å². The lowest BCUT2D eigenvalue weighted by atomic mass is 9.81. The minimum Gasteiger partial charge on any atom is -0.0622 e. The van der Waals surface area contributed by atoms with Gasteiger partial charge in [-0.2, -0.15) is 0 Å². The first-order valence-corrected chi connectivity index (χ1v) is 13.8. The molecule has 5 aromatic rings. The van der Waals surface area contributed by atoms with Crippen LogP contribution >= 0.6 is 0 Å².